The summed E-state index contributed by atoms with van der Waals surface area (Å²) in [5.41, 5.74) is 7.17. The third-order valence-electron chi connectivity index (χ3n) is 4.56. The minimum Gasteiger partial charge on any atom is -0.489 e. The van der Waals surface area contributed by atoms with Crippen molar-refractivity contribution >= 4 is 5.69 Å². The van der Waals surface area contributed by atoms with Crippen LogP contribution in [0.4, 0.5) is 5.69 Å². The largest absolute Gasteiger partial charge is 0.489 e. The molecule has 25 heavy (non-hydrogen) atoms. The van der Waals surface area contributed by atoms with Gasteiger partial charge in [0.05, 0.1) is 0 Å². The summed E-state index contributed by atoms with van der Waals surface area (Å²) in [4.78, 5) is 0. The highest BCUT2D eigenvalue weighted by atomic mass is 16.5. The number of para-hydroxylation sites is 1. The Morgan fingerprint density at radius 3 is 2.52 bits per heavy atom. The third-order valence-corrected chi connectivity index (χ3v) is 4.56. The summed E-state index contributed by atoms with van der Waals surface area (Å²) in [5, 5.41) is 3.50. The van der Waals surface area contributed by atoms with Crippen molar-refractivity contribution in [1.29, 1.82) is 0 Å². The fraction of sp³-hybridized carbons (Fsp3) is 0.391. The predicted molar refractivity (Wildman–Crippen MR) is 108 cm³/mol. The Morgan fingerprint density at radius 2 is 1.92 bits per heavy atom. The van der Waals surface area contributed by atoms with Crippen molar-refractivity contribution in [3.63, 3.8) is 0 Å². The summed E-state index contributed by atoms with van der Waals surface area (Å²) < 4.78 is 6.14. The summed E-state index contributed by atoms with van der Waals surface area (Å²) >= 11 is 0. The van der Waals surface area contributed by atoms with Crippen LogP contribution in [0.25, 0.3) is 0 Å². The van der Waals surface area contributed by atoms with Gasteiger partial charge in [-0.25, -0.2) is 0 Å². The zero-order chi connectivity index (χ0) is 18.4. The number of ether oxygens (including phenoxy) is 1. The number of hydrogen-bond acceptors (Lipinski definition) is 2. The maximum absolute atomic E-state index is 6.14. The molecule has 0 saturated carbocycles. The van der Waals surface area contributed by atoms with Crippen LogP contribution >= 0.6 is 0 Å². The standard InChI is InChI=1S/C23H31NO/c1-7-18(6)24-23-20(10-9-11-21(23)16(3)4)15-25-22-13-12-19(8-2)14-17(22)5/h9-14,16,24H,6-8,15H2,1-5H3. The zero-order valence-electron chi connectivity index (χ0n) is 16.3. The monoisotopic (exact) mass is 337 g/mol. The van der Waals surface area contributed by atoms with Crippen molar-refractivity contribution in [3.8, 4) is 5.75 Å². The topological polar surface area (TPSA) is 21.3 Å². The minimum absolute atomic E-state index is 0.442. The van der Waals surface area contributed by atoms with Gasteiger partial charge in [0.2, 0.25) is 0 Å². The van der Waals surface area contributed by atoms with Crippen LogP contribution < -0.4 is 10.1 Å². The van der Waals surface area contributed by atoms with Crippen LogP contribution in [-0.4, -0.2) is 0 Å². The molecule has 0 fully saturated rings. The van der Waals surface area contributed by atoms with Gasteiger partial charge in [0.1, 0.15) is 12.4 Å². The Kier molecular flexibility index (Phi) is 6.69. The number of rotatable bonds is 8. The van der Waals surface area contributed by atoms with E-state index in [1.807, 2.05) is 0 Å². The van der Waals surface area contributed by atoms with Crippen LogP contribution in [0.1, 0.15) is 62.3 Å². The van der Waals surface area contributed by atoms with Crippen LogP contribution in [0, 0.1) is 6.92 Å². The molecule has 0 heterocycles. The average molecular weight is 338 g/mol. The summed E-state index contributed by atoms with van der Waals surface area (Å²) in [6.45, 7) is 15.5. The number of anilines is 1. The van der Waals surface area contributed by atoms with Gasteiger partial charge in [-0.1, -0.05) is 64.6 Å². The molecule has 0 atom stereocenters. The lowest BCUT2D eigenvalue weighted by Crippen LogP contribution is -2.08. The highest BCUT2D eigenvalue weighted by Crippen LogP contribution is 2.30. The number of benzene rings is 2. The molecule has 1 N–H and O–H groups in total. The summed E-state index contributed by atoms with van der Waals surface area (Å²) in [5.74, 6) is 1.39. The number of aryl methyl sites for hydroxylation is 2. The Bertz CT molecular complexity index is 731. The SMILES string of the molecule is C=C(CC)Nc1c(COc2ccc(CC)cc2C)cccc1C(C)C. The molecule has 134 valence electrons. The fourth-order valence-electron chi connectivity index (χ4n) is 2.89. The lowest BCUT2D eigenvalue weighted by atomic mass is 9.97. The van der Waals surface area contributed by atoms with Crippen molar-refractivity contribution in [1.82, 2.24) is 0 Å². The van der Waals surface area contributed by atoms with Crippen LogP contribution in [-0.2, 0) is 13.0 Å². The first kappa shape index (κ1) is 19.1. The van der Waals surface area contributed by atoms with Crippen LogP contribution in [0.15, 0.2) is 48.7 Å². The fourth-order valence-corrected chi connectivity index (χ4v) is 2.89. The smallest absolute Gasteiger partial charge is 0.122 e. The van der Waals surface area contributed by atoms with Gasteiger partial charge in [-0.3, -0.25) is 0 Å². The molecular weight excluding hydrogens is 306 g/mol. The molecular formula is C23H31NO. The van der Waals surface area contributed by atoms with E-state index < -0.39 is 0 Å². The van der Waals surface area contributed by atoms with Gasteiger partial charge >= 0.3 is 0 Å². The van der Waals surface area contributed by atoms with Gasteiger partial charge in [0.15, 0.2) is 0 Å². The van der Waals surface area contributed by atoms with Crippen molar-refractivity contribution in [2.24, 2.45) is 0 Å². The third kappa shape index (κ3) is 4.88. The molecule has 0 aliphatic rings. The molecule has 0 unspecified atom stereocenters. The summed E-state index contributed by atoms with van der Waals surface area (Å²) in [6, 6.07) is 12.9. The second-order valence-electron chi connectivity index (χ2n) is 6.86. The predicted octanol–water partition coefficient (Wildman–Crippen LogP) is 6.60. The van der Waals surface area contributed by atoms with Gasteiger partial charge in [0.25, 0.3) is 0 Å². The number of hydrogen-bond donors (Lipinski definition) is 1. The van der Waals surface area contributed by atoms with Crippen LogP contribution in [0.3, 0.4) is 0 Å². The highest BCUT2D eigenvalue weighted by molar-refractivity contribution is 5.61. The van der Waals surface area contributed by atoms with E-state index in [4.69, 9.17) is 4.74 Å². The van der Waals surface area contributed by atoms with E-state index in [9.17, 15) is 0 Å². The van der Waals surface area contributed by atoms with E-state index >= 15 is 0 Å². The van der Waals surface area contributed by atoms with Gasteiger partial charge in [-0.05, 0) is 48.4 Å². The molecule has 0 bridgehead atoms. The molecule has 0 aliphatic heterocycles. The second-order valence-corrected chi connectivity index (χ2v) is 6.86. The number of nitrogens with one attached hydrogen (secondary N) is 1. The van der Waals surface area contributed by atoms with E-state index in [-0.39, 0.29) is 0 Å². The molecule has 0 radical (unpaired) electrons. The Hall–Kier alpha value is -2.22. The molecule has 0 spiro atoms. The lowest BCUT2D eigenvalue weighted by molar-refractivity contribution is 0.304. The molecule has 0 amide bonds. The maximum Gasteiger partial charge on any atom is 0.122 e. The van der Waals surface area contributed by atoms with Gasteiger partial charge in [0, 0.05) is 16.9 Å². The lowest BCUT2D eigenvalue weighted by Gasteiger charge is -2.20. The van der Waals surface area contributed by atoms with Crippen LogP contribution in [0.2, 0.25) is 0 Å². The van der Waals surface area contributed by atoms with Gasteiger partial charge < -0.3 is 10.1 Å². The van der Waals surface area contributed by atoms with E-state index in [0.717, 1.165) is 30.0 Å². The first-order valence-electron chi connectivity index (χ1n) is 9.25. The highest BCUT2D eigenvalue weighted by Gasteiger charge is 2.13. The van der Waals surface area contributed by atoms with Crippen molar-refractivity contribution < 1.29 is 4.74 Å². The van der Waals surface area contributed by atoms with E-state index in [2.05, 4.69) is 82.9 Å². The van der Waals surface area contributed by atoms with Crippen molar-refractivity contribution in [3.05, 3.63) is 70.9 Å². The Morgan fingerprint density at radius 1 is 1.16 bits per heavy atom. The van der Waals surface area contributed by atoms with E-state index in [1.54, 1.807) is 0 Å². The molecule has 0 aromatic heterocycles. The molecule has 0 aliphatic carbocycles. The zero-order valence-corrected chi connectivity index (χ0v) is 16.3. The maximum atomic E-state index is 6.14. The summed E-state index contributed by atoms with van der Waals surface area (Å²) in [7, 11) is 0. The van der Waals surface area contributed by atoms with E-state index in [0.29, 0.717) is 12.5 Å². The minimum atomic E-state index is 0.442. The molecule has 2 nitrogen and oxygen atoms in total. The Labute approximate surface area is 152 Å². The Balaban J connectivity index is 2.26. The molecule has 0 saturated heterocycles. The van der Waals surface area contributed by atoms with Gasteiger partial charge in [-0.2, -0.15) is 0 Å². The quantitative estimate of drug-likeness (QED) is 0.586. The number of allylic oxidation sites excluding steroid dienone is 1. The molecule has 2 heteroatoms. The molecule has 2 aromatic rings. The molecule has 2 rings (SSSR count). The van der Waals surface area contributed by atoms with Crippen LogP contribution in [0.5, 0.6) is 5.75 Å². The van der Waals surface area contributed by atoms with Gasteiger partial charge in [-0.15, -0.1) is 0 Å². The first-order chi connectivity index (χ1) is 12.0. The second kappa shape index (κ2) is 8.75. The normalized spacial score (nSPS) is 10.8. The molecule has 2 aromatic carbocycles. The average Bonchev–Trinajstić information content (AvgIpc) is 2.60. The van der Waals surface area contributed by atoms with E-state index in [1.165, 1.54) is 22.3 Å². The summed E-state index contributed by atoms with van der Waals surface area (Å²) in [6.07, 6.45) is 1.95. The van der Waals surface area contributed by atoms with Crippen molar-refractivity contribution in [2.45, 2.75) is 60.0 Å². The first-order valence-corrected chi connectivity index (χ1v) is 9.25. The van der Waals surface area contributed by atoms with Crippen molar-refractivity contribution in [2.75, 3.05) is 5.32 Å².